The first kappa shape index (κ1) is 54.3. The van der Waals surface area contributed by atoms with Crippen LogP contribution in [-0.4, -0.2) is 46.9 Å². The van der Waals surface area contributed by atoms with Crippen molar-refractivity contribution in [3.8, 4) is 0 Å². The lowest BCUT2D eigenvalue weighted by atomic mass is 10.0. The largest absolute Gasteiger partial charge is 0.462 e. The maximum absolute atomic E-state index is 13.1. The highest BCUT2D eigenvalue weighted by molar-refractivity contribution is 5.77. The van der Waals surface area contributed by atoms with Gasteiger partial charge in [-0.2, -0.15) is 0 Å². The SMILES string of the molecule is CC/C=C/C=C/C=C\CCCCCC(CC(=O)NC(CO)C(O)CCCCCCCCCCCCC)OC(=O)CCCCCCCC/C=C/C/C=C/C/C=C/CC. The quantitative estimate of drug-likeness (QED) is 0.0248. The van der Waals surface area contributed by atoms with Crippen molar-refractivity contribution in [3.05, 3.63) is 72.9 Å². The van der Waals surface area contributed by atoms with E-state index in [2.05, 4.69) is 86.8 Å². The second-order valence-electron chi connectivity index (χ2n) is 15.8. The molecular weight excluding hydrogens is 707 g/mol. The molecule has 3 atom stereocenters. The molecule has 0 saturated heterocycles. The van der Waals surface area contributed by atoms with Crippen molar-refractivity contribution in [2.24, 2.45) is 0 Å². The number of nitrogens with one attached hydrogen (secondary N) is 1. The van der Waals surface area contributed by atoms with Crippen LogP contribution in [0.4, 0.5) is 0 Å². The van der Waals surface area contributed by atoms with Crippen LogP contribution in [0.5, 0.6) is 0 Å². The van der Waals surface area contributed by atoms with E-state index in [9.17, 15) is 19.8 Å². The molecule has 0 aliphatic carbocycles. The summed E-state index contributed by atoms with van der Waals surface area (Å²) < 4.78 is 5.89. The highest BCUT2D eigenvalue weighted by Gasteiger charge is 2.24. The Morgan fingerprint density at radius 1 is 0.544 bits per heavy atom. The number of amides is 1. The van der Waals surface area contributed by atoms with Gasteiger partial charge in [0.2, 0.25) is 5.91 Å². The number of aliphatic hydroxyl groups excluding tert-OH is 2. The van der Waals surface area contributed by atoms with E-state index in [1.165, 1.54) is 70.6 Å². The zero-order valence-electron chi connectivity index (χ0n) is 37.2. The molecule has 0 saturated carbocycles. The van der Waals surface area contributed by atoms with Crippen LogP contribution in [0.1, 0.15) is 213 Å². The molecule has 0 fully saturated rings. The molecule has 57 heavy (non-hydrogen) atoms. The van der Waals surface area contributed by atoms with Crippen molar-refractivity contribution in [2.75, 3.05) is 6.61 Å². The Morgan fingerprint density at radius 3 is 1.65 bits per heavy atom. The zero-order valence-corrected chi connectivity index (χ0v) is 37.2. The first-order chi connectivity index (χ1) is 28.0. The van der Waals surface area contributed by atoms with Crippen LogP contribution in [-0.2, 0) is 14.3 Å². The van der Waals surface area contributed by atoms with Crippen LogP contribution >= 0.6 is 0 Å². The molecule has 328 valence electrons. The Bertz CT molecular complexity index is 1070. The molecule has 0 spiro atoms. The maximum Gasteiger partial charge on any atom is 0.306 e. The maximum atomic E-state index is 13.1. The number of rotatable bonds is 41. The average molecular weight is 796 g/mol. The lowest BCUT2D eigenvalue weighted by molar-refractivity contribution is -0.151. The van der Waals surface area contributed by atoms with Gasteiger partial charge in [0.25, 0.3) is 0 Å². The third kappa shape index (κ3) is 39.9. The molecule has 6 heteroatoms. The molecule has 1 amide bonds. The van der Waals surface area contributed by atoms with Gasteiger partial charge in [0, 0.05) is 6.42 Å². The highest BCUT2D eigenvalue weighted by atomic mass is 16.5. The number of ether oxygens (including phenoxy) is 1. The number of esters is 1. The summed E-state index contributed by atoms with van der Waals surface area (Å²) in [6.45, 7) is 6.20. The number of carbonyl (C=O) groups is 2. The van der Waals surface area contributed by atoms with Gasteiger partial charge in [-0.25, -0.2) is 0 Å². The van der Waals surface area contributed by atoms with Crippen LogP contribution in [0.2, 0.25) is 0 Å². The number of carbonyl (C=O) groups excluding carboxylic acids is 2. The van der Waals surface area contributed by atoms with Crippen molar-refractivity contribution in [1.29, 1.82) is 0 Å². The Hall–Kier alpha value is -2.70. The van der Waals surface area contributed by atoms with Crippen LogP contribution < -0.4 is 5.32 Å². The van der Waals surface area contributed by atoms with E-state index < -0.39 is 18.2 Å². The van der Waals surface area contributed by atoms with Gasteiger partial charge in [-0.1, -0.05) is 196 Å². The molecule has 0 aromatic carbocycles. The van der Waals surface area contributed by atoms with Gasteiger partial charge in [0.15, 0.2) is 0 Å². The Balaban J connectivity index is 4.62. The van der Waals surface area contributed by atoms with Gasteiger partial charge in [-0.15, -0.1) is 0 Å². The number of aliphatic hydroxyl groups is 2. The van der Waals surface area contributed by atoms with Crippen LogP contribution in [0.25, 0.3) is 0 Å². The number of allylic oxidation sites excluding steroid dienone is 12. The third-order valence-corrected chi connectivity index (χ3v) is 10.3. The van der Waals surface area contributed by atoms with Gasteiger partial charge in [-0.05, 0) is 77.0 Å². The summed E-state index contributed by atoms with van der Waals surface area (Å²) in [6.07, 6.45) is 55.3. The molecular formula is C51H89NO5. The van der Waals surface area contributed by atoms with Crippen molar-refractivity contribution < 1.29 is 24.5 Å². The van der Waals surface area contributed by atoms with E-state index in [1.54, 1.807) is 0 Å². The summed E-state index contributed by atoms with van der Waals surface area (Å²) in [7, 11) is 0. The van der Waals surface area contributed by atoms with Crippen molar-refractivity contribution in [1.82, 2.24) is 5.32 Å². The minimum atomic E-state index is -0.800. The number of unbranched alkanes of at least 4 members (excludes halogenated alkanes) is 19. The van der Waals surface area contributed by atoms with Gasteiger partial charge < -0.3 is 20.3 Å². The molecule has 6 nitrogen and oxygen atoms in total. The van der Waals surface area contributed by atoms with Gasteiger partial charge in [0.05, 0.1) is 25.2 Å². The van der Waals surface area contributed by atoms with E-state index >= 15 is 0 Å². The van der Waals surface area contributed by atoms with Crippen molar-refractivity contribution in [2.45, 2.75) is 232 Å². The van der Waals surface area contributed by atoms with Gasteiger partial charge >= 0.3 is 5.97 Å². The fourth-order valence-corrected chi connectivity index (χ4v) is 6.80. The van der Waals surface area contributed by atoms with E-state index in [-0.39, 0.29) is 24.9 Å². The average Bonchev–Trinajstić information content (AvgIpc) is 3.20. The summed E-state index contributed by atoms with van der Waals surface area (Å²) in [6, 6.07) is -0.716. The monoisotopic (exact) mass is 796 g/mol. The zero-order chi connectivity index (χ0) is 41.7. The standard InChI is InChI=1S/C51H89NO5/c1-4-7-10-13-16-19-22-23-24-25-26-29-32-35-38-41-44-51(56)57-47(42-39-36-33-30-27-20-17-14-11-8-5-2)45-50(55)52-48(46-53)49(54)43-40-37-34-31-28-21-18-15-12-9-6-3/h7-8,10-11,14,16-17,19-20,23-24,27,47-49,53-54H,4-6,9,12-13,15,18,21-22,25-26,28-46H2,1-3H3,(H,52,55)/b10-7+,11-8+,17-14+,19-16+,24-23+,27-20-. The molecule has 0 aromatic rings. The molecule has 0 radical (unpaired) electrons. The Labute approximate surface area is 351 Å². The summed E-state index contributed by atoms with van der Waals surface area (Å²) in [5.41, 5.74) is 0. The van der Waals surface area contributed by atoms with Crippen LogP contribution in [0.3, 0.4) is 0 Å². The fourth-order valence-electron chi connectivity index (χ4n) is 6.80. The smallest absolute Gasteiger partial charge is 0.306 e. The predicted molar refractivity (Wildman–Crippen MR) is 245 cm³/mol. The van der Waals surface area contributed by atoms with E-state index in [0.29, 0.717) is 19.3 Å². The lowest BCUT2D eigenvalue weighted by Crippen LogP contribution is -2.46. The van der Waals surface area contributed by atoms with E-state index in [4.69, 9.17) is 4.74 Å². The van der Waals surface area contributed by atoms with Crippen LogP contribution in [0.15, 0.2) is 72.9 Å². The highest BCUT2D eigenvalue weighted by Crippen LogP contribution is 2.17. The normalized spacial score (nSPS) is 14.0. The molecule has 0 bridgehead atoms. The van der Waals surface area contributed by atoms with E-state index in [0.717, 1.165) is 96.3 Å². The molecule has 3 N–H and O–H groups in total. The molecule has 3 unspecified atom stereocenters. The second-order valence-corrected chi connectivity index (χ2v) is 15.8. The van der Waals surface area contributed by atoms with Gasteiger partial charge in [-0.3, -0.25) is 9.59 Å². The number of hydrogen-bond acceptors (Lipinski definition) is 5. The van der Waals surface area contributed by atoms with Crippen molar-refractivity contribution >= 4 is 11.9 Å². The third-order valence-electron chi connectivity index (χ3n) is 10.3. The number of hydrogen-bond donors (Lipinski definition) is 3. The molecule has 0 aliphatic heterocycles. The predicted octanol–water partition coefficient (Wildman–Crippen LogP) is 13.8. The lowest BCUT2D eigenvalue weighted by Gasteiger charge is -2.24. The van der Waals surface area contributed by atoms with Crippen molar-refractivity contribution in [3.63, 3.8) is 0 Å². The molecule has 0 rings (SSSR count). The van der Waals surface area contributed by atoms with E-state index in [1.807, 2.05) is 12.2 Å². The minimum absolute atomic E-state index is 0.0460. The van der Waals surface area contributed by atoms with Gasteiger partial charge in [0.1, 0.15) is 6.10 Å². The second kappa shape index (κ2) is 44.4. The Kier molecular flexibility index (Phi) is 42.3. The van der Waals surface area contributed by atoms with Crippen LogP contribution in [0, 0.1) is 0 Å². The minimum Gasteiger partial charge on any atom is -0.462 e. The molecule has 0 aliphatic rings. The Morgan fingerprint density at radius 2 is 1.04 bits per heavy atom. The summed E-state index contributed by atoms with van der Waals surface area (Å²) in [4.78, 5) is 26.0. The summed E-state index contributed by atoms with van der Waals surface area (Å²) in [5, 5.41) is 23.6. The summed E-state index contributed by atoms with van der Waals surface area (Å²) >= 11 is 0. The summed E-state index contributed by atoms with van der Waals surface area (Å²) in [5.74, 6) is -0.529. The first-order valence-electron chi connectivity index (χ1n) is 23.7. The molecule has 0 heterocycles. The first-order valence-corrected chi connectivity index (χ1v) is 23.7. The fraction of sp³-hybridized carbons (Fsp3) is 0.725. The topological polar surface area (TPSA) is 95.9 Å². The molecule has 0 aromatic heterocycles.